The van der Waals surface area contributed by atoms with Crippen molar-refractivity contribution in [3.05, 3.63) is 40.4 Å². The molecule has 1 N–H and O–H groups in total. The van der Waals surface area contributed by atoms with E-state index in [4.69, 9.17) is 0 Å². The lowest BCUT2D eigenvalue weighted by Crippen LogP contribution is -2.50. The zero-order chi connectivity index (χ0) is 20.3. The van der Waals surface area contributed by atoms with Crippen molar-refractivity contribution in [2.75, 3.05) is 13.1 Å². The summed E-state index contributed by atoms with van der Waals surface area (Å²) in [5.74, 6) is -0.151. The highest BCUT2D eigenvalue weighted by Crippen LogP contribution is 2.28. The van der Waals surface area contributed by atoms with Gasteiger partial charge in [-0.05, 0) is 37.7 Å². The standard InChI is InChI=1S/C22H29N3O2S/c1-5-16-8-10-17(11-9-16)21-23-15(4)19(28-21)20(26)24-18(14(2)3)22(27)25-12-6-7-13-25/h8-11,14,18H,5-7,12-13H2,1-4H3,(H,24,26)/t18-/m0/s1. The molecular weight excluding hydrogens is 370 g/mol. The van der Waals surface area contributed by atoms with E-state index in [2.05, 4.69) is 29.4 Å². The second-order valence-corrected chi connectivity index (χ2v) is 8.71. The van der Waals surface area contributed by atoms with Crippen molar-refractivity contribution >= 4 is 23.2 Å². The topological polar surface area (TPSA) is 62.3 Å². The average molecular weight is 400 g/mol. The molecule has 3 rings (SSSR count). The minimum Gasteiger partial charge on any atom is -0.341 e. The molecule has 28 heavy (non-hydrogen) atoms. The number of hydrogen-bond donors (Lipinski definition) is 1. The number of aryl methyl sites for hydroxylation is 2. The van der Waals surface area contributed by atoms with Gasteiger partial charge in [-0.15, -0.1) is 11.3 Å². The van der Waals surface area contributed by atoms with Gasteiger partial charge in [-0.3, -0.25) is 9.59 Å². The molecule has 150 valence electrons. The number of thiazole rings is 1. The third-order valence-corrected chi connectivity index (χ3v) is 6.45. The van der Waals surface area contributed by atoms with Crippen molar-refractivity contribution in [2.45, 2.75) is 53.0 Å². The zero-order valence-corrected chi connectivity index (χ0v) is 17.9. The number of aromatic nitrogens is 1. The van der Waals surface area contributed by atoms with Gasteiger partial charge in [0.25, 0.3) is 5.91 Å². The minimum atomic E-state index is -0.501. The Morgan fingerprint density at radius 3 is 2.39 bits per heavy atom. The number of benzene rings is 1. The van der Waals surface area contributed by atoms with Gasteiger partial charge in [0.05, 0.1) is 5.69 Å². The average Bonchev–Trinajstić information content (AvgIpc) is 3.35. The van der Waals surface area contributed by atoms with Gasteiger partial charge in [-0.2, -0.15) is 0 Å². The van der Waals surface area contributed by atoms with E-state index in [1.165, 1.54) is 16.9 Å². The number of carbonyl (C=O) groups is 2. The molecule has 1 aromatic heterocycles. The molecule has 1 fully saturated rings. The smallest absolute Gasteiger partial charge is 0.263 e. The summed E-state index contributed by atoms with van der Waals surface area (Å²) >= 11 is 1.38. The summed E-state index contributed by atoms with van der Waals surface area (Å²) in [4.78, 5) is 32.8. The van der Waals surface area contributed by atoms with Crippen molar-refractivity contribution in [3.8, 4) is 10.6 Å². The molecule has 0 saturated carbocycles. The highest BCUT2D eigenvalue weighted by atomic mass is 32.1. The summed E-state index contributed by atoms with van der Waals surface area (Å²) in [6.07, 6.45) is 3.07. The molecule has 2 amide bonds. The highest BCUT2D eigenvalue weighted by Gasteiger charge is 2.31. The van der Waals surface area contributed by atoms with Gasteiger partial charge in [-0.1, -0.05) is 45.0 Å². The van der Waals surface area contributed by atoms with Crippen LogP contribution in [0.5, 0.6) is 0 Å². The van der Waals surface area contributed by atoms with Crippen LogP contribution in [0.4, 0.5) is 0 Å². The van der Waals surface area contributed by atoms with Gasteiger partial charge in [0, 0.05) is 18.7 Å². The molecule has 1 aliphatic heterocycles. The Balaban J connectivity index is 1.77. The molecule has 0 radical (unpaired) electrons. The quantitative estimate of drug-likeness (QED) is 0.797. The number of likely N-dealkylation sites (tertiary alicyclic amines) is 1. The van der Waals surface area contributed by atoms with E-state index in [0.29, 0.717) is 10.6 Å². The first-order valence-corrected chi connectivity index (χ1v) is 10.9. The summed E-state index contributed by atoms with van der Waals surface area (Å²) in [5.41, 5.74) is 2.99. The van der Waals surface area contributed by atoms with E-state index < -0.39 is 6.04 Å². The second kappa shape index (κ2) is 8.86. The van der Waals surface area contributed by atoms with Crippen LogP contribution >= 0.6 is 11.3 Å². The molecule has 2 heterocycles. The monoisotopic (exact) mass is 399 g/mol. The lowest BCUT2D eigenvalue weighted by molar-refractivity contribution is -0.133. The summed E-state index contributed by atoms with van der Waals surface area (Å²) in [5, 5.41) is 3.80. The van der Waals surface area contributed by atoms with Gasteiger partial charge < -0.3 is 10.2 Å². The Morgan fingerprint density at radius 2 is 1.82 bits per heavy atom. The van der Waals surface area contributed by atoms with E-state index in [1.807, 2.05) is 37.8 Å². The lowest BCUT2D eigenvalue weighted by atomic mass is 10.0. The molecule has 0 aliphatic carbocycles. The van der Waals surface area contributed by atoms with Crippen molar-refractivity contribution in [2.24, 2.45) is 5.92 Å². The zero-order valence-electron chi connectivity index (χ0n) is 17.1. The molecule has 1 aromatic carbocycles. The number of hydrogen-bond acceptors (Lipinski definition) is 4. The lowest BCUT2D eigenvalue weighted by Gasteiger charge is -2.26. The number of amides is 2. The molecular formula is C22H29N3O2S. The van der Waals surface area contributed by atoms with Gasteiger partial charge in [0.1, 0.15) is 15.9 Å². The van der Waals surface area contributed by atoms with E-state index in [0.717, 1.165) is 42.9 Å². The molecule has 1 aliphatic rings. The van der Waals surface area contributed by atoms with Crippen molar-refractivity contribution in [1.29, 1.82) is 0 Å². The number of carbonyl (C=O) groups excluding carboxylic acids is 2. The van der Waals surface area contributed by atoms with Gasteiger partial charge in [0.15, 0.2) is 0 Å². The fraction of sp³-hybridized carbons (Fsp3) is 0.500. The SMILES string of the molecule is CCc1ccc(-c2nc(C)c(C(=O)N[C@H](C(=O)N3CCCC3)C(C)C)s2)cc1. The Bertz CT molecular complexity index is 836. The molecule has 0 unspecified atom stereocenters. The van der Waals surface area contributed by atoms with E-state index in [1.54, 1.807) is 0 Å². The minimum absolute atomic E-state index is 0.0263. The normalized spacial score (nSPS) is 15.1. The van der Waals surface area contributed by atoms with Crippen LogP contribution < -0.4 is 5.32 Å². The molecule has 5 nitrogen and oxygen atoms in total. The molecule has 1 saturated heterocycles. The van der Waals surface area contributed by atoms with Gasteiger partial charge in [-0.25, -0.2) is 4.98 Å². The van der Waals surface area contributed by atoms with Crippen LogP contribution in [0.2, 0.25) is 0 Å². The predicted molar refractivity (Wildman–Crippen MR) is 114 cm³/mol. The third kappa shape index (κ3) is 4.43. The molecule has 6 heteroatoms. The Hall–Kier alpha value is -2.21. The number of nitrogens with zero attached hydrogens (tertiary/aromatic N) is 2. The van der Waals surface area contributed by atoms with Crippen LogP contribution in [0.15, 0.2) is 24.3 Å². The molecule has 2 aromatic rings. The Kier molecular flexibility index (Phi) is 6.50. The predicted octanol–water partition coefficient (Wildman–Crippen LogP) is 4.06. The van der Waals surface area contributed by atoms with E-state index in [9.17, 15) is 9.59 Å². The van der Waals surface area contributed by atoms with Crippen LogP contribution in [0.3, 0.4) is 0 Å². The van der Waals surface area contributed by atoms with E-state index in [-0.39, 0.29) is 17.7 Å². The summed E-state index contributed by atoms with van der Waals surface area (Å²) in [6, 6.07) is 7.78. The summed E-state index contributed by atoms with van der Waals surface area (Å²) in [7, 11) is 0. The summed E-state index contributed by atoms with van der Waals surface area (Å²) in [6.45, 7) is 9.49. The van der Waals surface area contributed by atoms with Gasteiger partial charge >= 0.3 is 0 Å². The van der Waals surface area contributed by atoms with Gasteiger partial charge in [0.2, 0.25) is 5.91 Å². The molecule has 0 spiro atoms. The van der Waals surface area contributed by atoms with Crippen molar-refractivity contribution in [1.82, 2.24) is 15.2 Å². The number of rotatable bonds is 6. The summed E-state index contributed by atoms with van der Waals surface area (Å²) < 4.78 is 0. The first-order valence-electron chi connectivity index (χ1n) is 10.1. The maximum atomic E-state index is 12.9. The first kappa shape index (κ1) is 20.5. The number of nitrogens with one attached hydrogen (secondary N) is 1. The van der Waals surface area contributed by atoms with Crippen LogP contribution in [0.25, 0.3) is 10.6 Å². The van der Waals surface area contributed by atoms with Crippen LogP contribution in [0.1, 0.15) is 54.5 Å². The third-order valence-electron chi connectivity index (χ3n) is 5.25. The first-order chi connectivity index (χ1) is 13.4. The highest BCUT2D eigenvalue weighted by molar-refractivity contribution is 7.17. The Labute approximate surface area is 171 Å². The Morgan fingerprint density at radius 1 is 1.18 bits per heavy atom. The van der Waals surface area contributed by atoms with Crippen LogP contribution in [-0.2, 0) is 11.2 Å². The second-order valence-electron chi connectivity index (χ2n) is 7.71. The van der Waals surface area contributed by atoms with E-state index >= 15 is 0 Å². The maximum Gasteiger partial charge on any atom is 0.263 e. The fourth-order valence-corrected chi connectivity index (χ4v) is 4.44. The largest absolute Gasteiger partial charge is 0.341 e. The van der Waals surface area contributed by atoms with Crippen LogP contribution in [-0.4, -0.2) is 40.8 Å². The van der Waals surface area contributed by atoms with Crippen molar-refractivity contribution < 1.29 is 9.59 Å². The maximum absolute atomic E-state index is 12.9. The fourth-order valence-electron chi connectivity index (χ4n) is 3.47. The molecule has 1 atom stereocenters. The van der Waals surface area contributed by atoms with Crippen LogP contribution in [0, 0.1) is 12.8 Å². The van der Waals surface area contributed by atoms with Crippen molar-refractivity contribution in [3.63, 3.8) is 0 Å². The molecule has 0 bridgehead atoms.